The quantitative estimate of drug-likeness (QED) is 0.647. The van der Waals surface area contributed by atoms with Gasteiger partial charge in [0.15, 0.2) is 9.84 Å². The number of hydrogen-bond acceptors (Lipinski definition) is 5. The maximum atomic E-state index is 13.3. The van der Waals surface area contributed by atoms with Crippen LogP contribution in [0.3, 0.4) is 0 Å². The Morgan fingerprint density at radius 2 is 1.78 bits per heavy atom. The fourth-order valence-corrected chi connectivity index (χ4v) is 3.71. The summed E-state index contributed by atoms with van der Waals surface area (Å²) in [6.45, 7) is 0.416. The molecule has 3 heterocycles. The maximum Gasteiger partial charge on any atom is 0.340 e. The van der Waals surface area contributed by atoms with Crippen molar-refractivity contribution in [2.75, 3.05) is 6.26 Å². The highest BCUT2D eigenvalue weighted by Crippen LogP contribution is 2.41. The highest BCUT2D eigenvalue weighted by molar-refractivity contribution is 7.90. The van der Waals surface area contributed by atoms with Crippen LogP contribution in [-0.4, -0.2) is 29.6 Å². The van der Waals surface area contributed by atoms with Gasteiger partial charge in [0, 0.05) is 30.3 Å². The minimum Gasteiger partial charge on any atom is -0.224 e. The predicted octanol–water partition coefficient (Wildman–Crippen LogP) is 3.24. The van der Waals surface area contributed by atoms with Crippen molar-refractivity contribution in [1.29, 1.82) is 0 Å². The van der Waals surface area contributed by atoms with Crippen molar-refractivity contribution in [2.24, 2.45) is 0 Å². The molecule has 0 N–H and O–H groups in total. The first kappa shape index (κ1) is 17.4. The molecule has 0 fully saturated rings. The molecule has 0 amide bonds. The first-order chi connectivity index (χ1) is 12.9. The van der Waals surface area contributed by atoms with Gasteiger partial charge in [-0.25, -0.2) is 17.8 Å². The van der Waals surface area contributed by atoms with E-state index < -0.39 is 9.84 Å². The summed E-state index contributed by atoms with van der Waals surface area (Å²) in [5.74, 6) is 0.809. The average molecular weight is 383 g/mol. The van der Waals surface area contributed by atoms with Crippen molar-refractivity contribution in [3.8, 4) is 0 Å². The maximum absolute atomic E-state index is 13.3. The number of nitrogens with zero attached hydrogens (tertiary/aromatic N) is 4. The number of aromatic nitrogens is 3. The van der Waals surface area contributed by atoms with Gasteiger partial charge >= 0.3 is 5.95 Å². The van der Waals surface area contributed by atoms with Gasteiger partial charge < -0.3 is 0 Å². The number of pyridine rings is 1. The Bertz CT molecular complexity index is 1130. The third-order valence-corrected chi connectivity index (χ3v) is 5.52. The summed E-state index contributed by atoms with van der Waals surface area (Å²) >= 11 is 0. The molecule has 0 radical (unpaired) electrons. The zero-order valence-electron chi connectivity index (χ0n) is 14.4. The Kier molecular flexibility index (Phi) is 4.09. The zero-order chi connectivity index (χ0) is 19.1. The van der Waals surface area contributed by atoms with E-state index >= 15 is 0 Å². The second-order valence-electron chi connectivity index (χ2n) is 6.37. The highest BCUT2D eigenvalue weighted by Gasteiger charge is 2.42. The zero-order valence-corrected chi connectivity index (χ0v) is 15.3. The van der Waals surface area contributed by atoms with Crippen LogP contribution in [0, 0.1) is 5.82 Å². The fourth-order valence-electron chi connectivity index (χ4n) is 3.13. The van der Waals surface area contributed by atoms with E-state index in [4.69, 9.17) is 0 Å². The average Bonchev–Trinajstić information content (AvgIpc) is 3.03. The molecule has 27 heavy (non-hydrogen) atoms. The van der Waals surface area contributed by atoms with Gasteiger partial charge in [-0.2, -0.15) is 14.5 Å². The van der Waals surface area contributed by atoms with Crippen LogP contribution in [0.4, 0.5) is 16.2 Å². The van der Waals surface area contributed by atoms with Gasteiger partial charge in [-0.05, 0) is 24.3 Å². The molecule has 0 bridgehead atoms. The molecule has 2 aromatic heterocycles. The molecule has 1 aliphatic heterocycles. The van der Waals surface area contributed by atoms with Gasteiger partial charge in [-0.1, -0.05) is 12.1 Å². The summed E-state index contributed by atoms with van der Waals surface area (Å²) in [7, 11) is -3.37. The van der Waals surface area contributed by atoms with E-state index in [2.05, 4.69) is 15.0 Å². The van der Waals surface area contributed by atoms with E-state index in [1.165, 1.54) is 18.3 Å². The summed E-state index contributed by atoms with van der Waals surface area (Å²) in [4.78, 5) is 13.4. The summed E-state index contributed by atoms with van der Waals surface area (Å²) in [6.07, 6.45) is 9.48. The Balaban J connectivity index is 1.87. The van der Waals surface area contributed by atoms with Crippen molar-refractivity contribution in [3.05, 3.63) is 78.1 Å². The Morgan fingerprint density at radius 3 is 2.44 bits per heavy atom. The molecule has 1 atom stereocenters. The molecular weight excluding hydrogens is 367 g/mol. The normalized spacial score (nSPS) is 18.4. The lowest BCUT2D eigenvalue weighted by molar-refractivity contribution is 0.468. The number of rotatable bonds is 4. The van der Waals surface area contributed by atoms with E-state index in [1.54, 1.807) is 36.7 Å². The van der Waals surface area contributed by atoms with E-state index in [-0.39, 0.29) is 15.2 Å². The minimum atomic E-state index is -3.37. The first-order valence-electron chi connectivity index (χ1n) is 8.18. The van der Waals surface area contributed by atoms with Crippen molar-refractivity contribution >= 4 is 27.7 Å². The van der Waals surface area contributed by atoms with E-state index in [0.717, 1.165) is 11.8 Å². The molecule has 1 unspecified atom stereocenters. The lowest BCUT2D eigenvalue weighted by atomic mass is 10.2. The molecule has 0 saturated heterocycles. The van der Waals surface area contributed by atoms with Crippen LogP contribution in [0.15, 0.2) is 66.1 Å². The van der Waals surface area contributed by atoms with Gasteiger partial charge in [-0.3, -0.25) is 0 Å². The standard InChI is InChI=1S/C19H16FN4O2S/c1-27(25,26)17-11-15-7-10-24(18(15)23-12-17,19-21-8-2-9-22-19)13-14-3-5-16(20)6-4-14/h2-12H,13H2,1H3/q+1. The van der Waals surface area contributed by atoms with Crippen molar-refractivity contribution in [3.63, 3.8) is 0 Å². The summed E-state index contributed by atoms with van der Waals surface area (Å²) < 4.78 is 37.1. The van der Waals surface area contributed by atoms with Crippen LogP contribution in [0.5, 0.6) is 0 Å². The van der Waals surface area contributed by atoms with Gasteiger partial charge in [0.1, 0.15) is 18.6 Å². The minimum absolute atomic E-state index is 0.0891. The van der Waals surface area contributed by atoms with Crippen molar-refractivity contribution in [2.45, 2.75) is 11.4 Å². The van der Waals surface area contributed by atoms with Crippen LogP contribution in [-0.2, 0) is 16.4 Å². The molecule has 0 aliphatic carbocycles. The van der Waals surface area contributed by atoms with Crippen LogP contribution in [0.1, 0.15) is 11.1 Å². The Hall–Kier alpha value is -2.97. The van der Waals surface area contributed by atoms with Gasteiger partial charge in [0.2, 0.25) is 5.82 Å². The Labute approximate surface area is 156 Å². The van der Waals surface area contributed by atoms with Gasteiger partial charge in [-0.15, -0.1) is 0 Å². The van der Waals surface area contributed by atoms with Crippen molar-refractivity contribution in [1.82, 2.24) is 19.4 Å². The second kappa shape index (κ2) is 6.33. The van der Waals surface area contributed by atoms with Crippen LogP contribution in [0.2, 0.25) is 0 Å². The molecular formula is C19H16FN4O2S+. The third kappa shape index (κ3) is 3.13. The molecule has 4 rings (SSSR count). The first-order valence-corrected chi connectivity index (χ1v) is 10.1. The van der Waals surface area contributed by atoms with E-state index in [1.807, 2.05) is 12.3 Å². The molecule has 1 aliphatic rings. The summed E-state index contributed by atoms with van der Waals surface area (Å²) in [5, 5.41) is 0. The number of hydrogen-bond donors (Lipinski definition) is 0. The molecule has 136 valence electrons. The molecule has 3 aromatic rings. The predicted molar refractivity (Wildman–Crippen MR) is 100.0 cm³/mol. The summed E-state index contributed by atoms with van der Waals surface area (Å²) in [6, 6.07) is 9.53. The summed E-state index contributed by atoms with van der Waals surface area (Å²) in [5.41, 5.74) is 1.56. The fraction of sp³-hybridized carbons (Fsp3) is 0.105. The SMILES string of the molecule is CS(=O)(=O)c1cnc2c(c1)C=C[N+]2(Cc1ccc(F)cc1)c1ncccn1. The van der Waals surface area contributed by atoms with Crippen LogP contribution < -0.4 is 4.48 Å². The lowest BCUT2D eigenvalue weighted by Gasteiger charge is -2.28. The number of sulfone groups is 1. The van der Waals surface area contributed by atoms with E-state index in [0.29, 0.717) is 23.9 Å². The highest BCUT2D eigenvalue weighted by atomic mass is 32.2. The van der Waals surface area contributed by atoms with Crippen LogP contribution >= 0.6 is 0 Å². The number of fused-ring (bicyclic) bond motifs is 1. The lowest BCUT2D eigenvalue weighted by Crippen LogP contribution is -2.38. The monoisotopic (exact) mass is 383 g/mol. The number of benzene rings is 1. The number of quaternary nitrogens is 1. The topological polar surface area (TPSA) is 72.8 Å². The number of halogens is 1. The Morgan fingerprint density at radius 1 is 1.07 bits per heavy atom. The molecule has 1 aromatic carbocycles. The molecule has 6 nitrogen and oxygen atoms in total. The molecule has 0 spiro atoms. The van der Waals surface area contributed by atoms with Crippen molar-refractivity contribution < 1.29 is 12.8 Å². The smallest absolute Gasteiger partial charge is 0.224 e. The molecule has 8 heteroatoms. The van der Waals surface area contributed by atoms with Crippen LogP contribution in [0.25, 0.3) is 6.08 Å². The second-order valence-corrected chi connectivity index (χ2v) is 8.39. The van der Waals surface area contributed by atoms with Gasteiger partial charge in [0.25, 0.3) is 0 Å². The van der Waals surface area contributed by atoms with E-state index in [9.17, 15) is 12.8 Å². The molecule has 0 saturated carbocycles. The largest absolute Gasteiger partial charge is 0.340 e. The third-order valence-electron chi connectivity index (χ3n) is 4.44. The van der Waals surface area contributed by atoms with Gasteiger partial charge in [0.05, 0.1) is 16.7 Å².